The first-order valence-electron chi connectivity index (χ1n) is 7.23. The molecule has 1 heterocycles. The predicted molar refractivity (Wildman–Crippen MR) is 86.1 cm³/mol. The summed E-state index contributed by atoms with van der Waals surface area (Å²) in [6, 6.07) is 7.65. The second kappa shape index (κ2) is 8.64. The van der Waals surface area contributed by atoms with Gasteiger partial charge in [0.2, 0.25) is 0 Å². The van der Waals surface area contributed by atoms with Gasteiger partial charge in [0.15, 0.2) is 11.5 Å². The SMILES string of the molecule is CCCCNCc1cnc(COc2ccccc2OC)s1. The topological polar surface area (TPSA) is 43.4 Å². The van der Waals surface area contributed by atoms with Gasteiger partial charge in [0.05, 0.1) is 7.11 Å². The zero-order chi connectivity index (χ0) is 14.9. The van der Waals surface area contributed by atoms with Gasteiger partial charge < -0.3 is 14.8 Å². The van der Waals surface area contributed by atoms with Gasteiger partial charge in [-0.15, -0.1) is 11.3 Å². The molecule has 0 spiro atoms. The molecule has 0 bridgehead atoms. The maximum atomic E-state index is 5.77. The van der Waals surface area contributed by atoms with Crippen molar-refractivity contribution in [3.05, 3.63) is 40.3 Å². The highest BCUT2D eigenvalue weighted by molar-refractivity contribution is 7.11. The quantitative estimate of drug-likeness (QED) is 0.719. The zero-order valence-corrected chi connectivity index (χ0v) is 13.4. The summed E-state index contributed by atoms with van der Waals surface area (Å²) in [6.45, 7) is 4.61. The van der Waals surface area contributed by atoms with E-state index in [0.29, 0.717) is 6.61 Å². The number of unbranched alkanes of at least 4 members (excludes halogenated alkanes) is 1. The van der Waals surface area contributed by atoms with Crippen LogP contribution in [0.15, 0.2) is 30.5 Å². The van der Waals surface area contributed by atoms with Gasteiger partial charge in [-0.2, -0.15) is 0 Å². The van der Waals surface area contributed by atoms with Gasteiger partial charge in [0.25, 0.3) is 0 Å². The zero-order valence-electron chi connectivity index (χ0n) is 12.6. The van der Waals surface area contributed by atoms with E-state index in [1.165, 1.54) is 17.7 Å². The Morgan fingerprint density at radius 2 is 2.05 bits per heavy atom. The minimum atomic E-state index is 0.472. The number of ether oxygens (including phenoxy) is 2. The van der Waals surface area contributed by atoms with Crippen molar-refractivity contribution in [2.24, 2.45) is 0 Å². The smallest absolute Gasteiger partial charge is 0.161 e. The van der Waals surface area contributed by atoms with Crippen LogP contribution in [-0.2, 0) is 13.2 Å². The fraction of sp³-hybridized carbons (Fsp3) is 0.438. The van der Waals surface area contributed by atoms with E-state index in [1.807, 2.05) is 30.5 Å². The minimum Gasteiger partial charge on any atom is -0.493 e. The molecule has 0 aliphatic heterocycles. The number of hydrogen-bond donors (Lipinski definition) is 1. The molecule has 4 nitrogen and oxygen atoms in total. The number of thiazole rings is 1. The molecule has 0 unspecified atom stereocenters. The lowest BCUT2D eigenvalue weighted by Crippen LogP contribution is -2.13. The highest BCUT2D eigenvalue weighted by Gasteiger charge is 2.06. The summed E-state index contributed by atoms with van der Waals surface area (Å²) in [6.07, 6.45) is 4.35. The van der Waals surface area contributed by atoms with Crippen molar-refractivity contribution in [3.63, 3.8) is 0 Å². The summed E-state index contributed by atoms with van der Waals surface area (Å²) < 4.78 is 11.0. The Kier molecular flexibility index (Phi) is 6.50. The Morgan fingerprint density at radius 3 is 2.81 bits per heavy atom. The van der Waals surface area contributed by atoms with E-state index in [2.05, 4.69) is 17.2 Å². The summed E-state index contributed by atoms with van der Waals surface area (Å²) >= 11 is 1.68. The lowest BCUT2D eigenvalue weighted by molar-refractivity contribution is 0.284. The summed E-state index contributed by atoms with van der Waals surface area (Å²) in [5.41, 5.74) is 0. The normalized spacial score (nSPS) is 10.6. The van der Waals surface area contributed by atoms with Gasteiger partial charge in [0.1, 0.15) is 11.6 Å². The molecule has 0 saturated carbocycles. The number of methoxy groups -OCH3 is 1. The van der Waals surface area contributed by atoms with Crippen LogP contribution in [0.3, 0.4) is 0 Å². The van der Waals surface area contributed by atoms with Crippen molar-refractivity contribution in [1.82, 2.24) is 10.3 Å². The summed E-state index contributed by atoms with van der Waals surface area (Å²) in [5.74, 6) is 1.49. The van der Waals surface area contributed by atoms with Gasteiger partial charge in [-0.05, 0) is 25.1 Å². The number of para-hydroxylation sites is 2. The van der Waals surface area contributed by atoms with Crippen molar-refractivity contribution >= 4 is 11.3 Å². The first-order valence-corrected chi connectivity index (χ1v) is 8.05. The molecule has 1 aromatic carbocycles. The average molecular weight is 306 g/mol. The Morgan fingerprint density at radius 1 is 1.24 bits per heavy atom. The molecule has 114 valence electrons. The molecular formula is C16H22N2O2S. The Balaban J connectivity index is 1.82. The fourth-order valence-electron chi connectivity index (χ4n) is 1.89. The first-order chi connectivity index (χ1) is 10.3. The molecule has 1 aromatic heterocycles. The summed E-state index contributed by atoms with van der Waals surface area (Å²) in [4.78, 5) is 5.64. The number of rotatable bonds is 9. The Labute approximate surface area is 130 Å². The van der Waals surface area contributed by atoms with Crippen LogP contribution in [0.5, 0.6) is 11.5 Å². The molecule has 21 heavy (non-hydrogen) atoms. The number of hydrogen-bond acceptors (Lipinski definition) is 5. The van der Waals surface area contributed by atoms with Gasteiger partial charge in [-0.25, -0.2) is 4.98 Å². The van der Waals surface area contributed by atoms with Crippen LogP contribution in [0, 0.1) is 0 Å². The highest BCUT2D eigenvalue weighted by atomic mass is 32.1. The number of nitrogens with one attached hydrogen (secondary N) is 1. The molecule has 0 radical (unpaired) electrons. The number of nitrogens with zero attached hydrogens (tertiary/aromatic N) is 1. The molecule has 5 heteroatoms. The van der Waals surface area contributed by atoms with Crippen molar-refractivity contribution < 1.29 is 9.47 Å². The fourth-order valence-corrected chi connectivity index (χ4v) is 2.69. The number of benzene rings is 1. The number of aromatic nitrogens is 1. The van der Waals surface area contributed by atoms with E-state index in [9.17, 15) is 0 Å². The molecule has 0 aliphatic carbocycles. The third-order valence-electron chi connectivity index (χ3n) is 3.03. The van der Waals surface area contributed by atoms with Crippen LogP contribution < -0.4 is 14.8 Å². The minimum absolute atomic E-state index is 0.472. The van der Waals surface area contributed by atoms with Crippen molar-refractivity contribution in [1.29, 1.82) is 0 Å². The maximum absolute atomic E-state index is 5.77. The van der Waals surface area contributed by atoms with Crippen LogP contribution in [0.2, 0.25) is 0 Å². The molecule has 0 atom stereocenters. The average Bonchev–Trinajstić information content (AvgIpc) is 2.98. The summed E-state index contributed by atoms with van der Waals surface area (Å²) in [5, 5.41) is 4.40. The largest absolute Gasteiger partial charge is 0.493 e. The Hall–Kier alpha value is -1.59. The molecule has 2 rings (SSSR count). The standard InChI is InChI=1S/C16H22N2O2S/c1-3-4-9-17-10-13-11-18-16(21-13)12-20-15-8-6-5-7-14(15)19-2/h5-8,11,17H,3-4,9-10,12H2,1-2H3. The van der Waals surface area contributed by atoms with Crippen LogP contribution in [-0.4, -0.2) is 18.6 Å². The van der Waals surface area contributed by atoms with Crippen LogP contribution >= 0.6 is 11.3 Å². The van der Waals surface area contributed by atoms with E-state index in [-0.39, 0.29) is 0 Å². The molecule has 1 N–H and O–H groups in total. The van der Waals surface area contributed by atoms with Crippen molar-refractivity contribution in [2.45, 2.75) is 32.9 Å². The molecule has 2 aromatic rings. The molecular weight excluding hydrogens is 284 g/mol. The van der Waals surface area contributed by atoms with Crippen molar-refractivity contribution in [3.8, 4) is 11.5 Å². The van der Waals surface area contributed by atoms with Crippen LogP contribution in [0.1, 0.15) is 29.7 Å². The molecule has 0 saturated heterocycles. The lowest BCUT2D eigenvalue weighted by atomic mass is 10.3. The van der Waals surface area contributed by atoms with E-state index < -0.39 is 0 Å². The van der Waals surface area contributed by atoms with Crippen LogP contribution in [0.25, 0.3) is 0 Å². The third kappa shape index (κ3) is 5.02. The Bertz CT molecular complexity index is 543. The van der Waals surface area contributed by atoms with E-state index in [4.69, 9.17) is 9.47 Å². The predicted octanol–water partition coefficient (Wildman–Crippen LogP) is 3.62. The van der Waals surface area contributed by atoms with Gasteiger partial charge >= 0.3 is 0 Å². The van der Waals surface area contributed by atoms with Gasteiger partial charge in [-0.1, -0.05) is 25.5 Å². The lowest BCUT2D eigenvalue weighted by Gasteiger charge is -2.08. The highest BCUT2D eigenvalue weighted by Crippen LogP contribution is 2.27. The van der Waals surface area contributed by atoms with Gasteiger partial charge in [0, 0.05) is 17.6 Å². The van der Waals surface area contributed by atoms with Crippen LogP contribution in [0.4, 0.5) is 0 Å². The maximum Gasteiger partial charge on any atom is 0.161 e. The first kappa shape index (κ1) is 15.8. The van der Waals surface area contributed by atoms with Crippen molar-refractivity contribution in [2.75, 3.05) is 13.7 Å². The van der Waals surface area contributed by atoms with E-state index in [0.717, 1.165) is 29.6 Å². The molecule has 0 fully saturated rings. The molecule has 0 aliphatic rings. The second-order valence-electron chi connectivity index (χ2n) is 4.69. The monoisotopic (exact) mass is 306 g/mol. The second-order valence-corrected chi connectivity index (χ2v) is 5.89. The summed E-state index contributed by atoms with van der Waals surface area (Å²) in [7, 11) is 1.64. The van der Waals surface area contributed by atoms with E-state index >= 15 is 0 Å². The van der Waals surface area contributed by atoms with Gasteiger partial charge in [-0.3, -0.25) is 0 Å². The van der Waals surface area contributed by atoms with E-state index in [1.54, 1.807) is 18.4 Å². The molecule has 0 amide bonds. The third-order valence-corrected chi connectivity index (χ3v) is 4.00.